The highest BCUT2D eigenvalue weighted by atomic mass is 35.5. The van der Waals surface area contributed by atoms with Crippen LogP contribution in [0.4, 0.5) is 0 Å². The predicted octanol–water partition coefficient (Wildman–Crippen LogP) is 3.23. The first-order valence-corrected chi connectivity index (χ1v) is 9.44. The summed E-state index contributed by atoms with van der Waals surface area (Å²) in [7, 11) is 0. The summed E-state index contributed by atoms with van der Waals surface area (Å²) in [5, 5.41) is 0.926. The number of hydrogen-bond donors (Lipinski definition) is 0. The lowest BCUT2D eigenvalue weighted by Gasteiger charge is -2.36. The van der Waals surface area contributed by atoms with E-state index < -0.39 is 0 Å². The van der Waals surface area contributed by atoms with E-state index in [1.807, 2.05) is 4.90 Å². The lowest BCUT2D eigenvalue weighted by molar-refractivity contribution is -0.142. The molecule has 1 aromatic rings. The highest BCUT2D eigenvalue weighted by Gasteiger charge is 2.30. The van der Waals surface area contributed by atoms with Crippen molar-refractivity contribution in [1.82, 2.24) is 9.80 Å². The predicted molar refractivity (Wildman–Crippen MR) is 97.1 cm³/mol. The Bertz CT molecular complexity index is 639. The molecule has 7 heteroatoms. The van der Waals surface area contributed by atoms with E-state index in [4.69, 9.17) is 27.9 Å². The minimum absolute atomic E-state index is 0.0867. The number of halogens is 2. The van der Waals surface area contributed by atoms with Gasteiger partial charge in [0.15, 0.2) is 6.61 Å². The van der Waals surface area contributed by atoms with Crippen LogP contribution in [0.15, 0.2) is 18.2 Å². The second-order valence-corrected chi connectivity index (χ2v) is 7.39. The minimum Gasteiger partial charge on any atom is -0.482 e. The van der Waals surface area contributed by atoms with Crippen LogP contribution in [0.5, 0.6) is 5.75 Å². The van der Waals surface area contributed by atoms with Crippen molar-refractivity contribution in [2.75, 3.05) is 32.8 Å². The van der Waals surface area contributed by atoms with Crippen molar-refractivity contribution in [1.29, 1.82) is 0 Å². The van der Waals surface area contributed by atoms with Gasteiger partial charge in [-0.05, 0) is 25.0 Å². The van der Waals surface area contributed by atoms with Gasteiger partial charge in [0.2, 0.25) is 5.91 Å². The summed E-state index contributed by atoms with van der Waals surface area (Å²) in [6, 6.07) is 4.89. The Morgan fingerprint density at radius 1 is 1.04 bits per heavy atom. The maximum atomic E-state index is 12.4. The van der Waals surface area contributed by atoms with Gasteiger partial charge < -0.3 is 14.5 Å². The van der Waals surface area contributed by atoms with Gasteiger partial charge in [0, 0.05) is 43.2 Å². The molecule has 2 amide bonds. The van der Waals surface area contributed by atoms with Gasteiger partial charge in [-0.15, -0.1) is 0 Å². The second kappa shape index (κ2) is 8.28. The molecule has 3 rings (SSSR count). The average Bonchev–Trinajstić information content (AvgIpc) is 3.16. The zero-order valence-electron chi connectivity index (χ0n) is 14.0. The van der Waals surface area contributed by atoms with Crippen LogP contribution in [0.2, 0.25) is 10.0 Å². The van der Waals surface area contributed by atoms with Crippen LogP contribution in [0.1, 0.15) is 25.7 Å². The number of carbonyl (C=O) groups excluding carboxylic acids is 2. The van der Waals surface area contributed by atoms with Crippen LogP contribution in [0.3, 0.4) is 0 Å². The highest BCUT2D eigenvalue weighted by molar-refractivity contribution is 6.34. The third-order valence-corrected chi connectivity index (χ3v) is 5.44. The van der Waals surface area contributed by atoms with Crippen LogP contribution in [0, 0.1) is 5.92 Å². The SMILES string of the molecule is O=C(COc1cc(Cl)ccc1Cl)N1CCN(C(=O)C2CCCC2)CC1. The first kappa shape index (κ1) is 18.3. The minimum atomic E-state index is -0.107. The van der Waals surface area contributed by atoms with Crippen molar-refractivity contribution < 1.29 is 14.3 Å². The van der Waals surface area contributed by atoms with Gasteiger partial charge in [-0.3, -0.25) is 9.59 Å². The molecule has 1 heterocycles. The van der Waals surface area contributed by atoms with Crippen molar-refractivity contribution in [2.45, 2.75) is 25.7 Å². The lowest BCUT2D eigenvalue weighted by Crippen LogP contribution is -2.52. The summed E-state index contributed by atoms with van der Waals surface area (Å²) in [5.41, 5.74) is 0. The van der Waals surface area contributed by atoms with E-state index in [0.29, 0.717) is 42.0 Å². The summed E-state index contributed by atoms with van der Waals surface area (Å²) in [5.74, 6) is 0.740. The standard InChI is InChI=1S/C18H22Cl2N2O3/c19-14-5-6-15(20)16(11-14)25-12-17(23)21-7-9-22(10-8-21)18(24)13-3-1-2-4-13/h5-6,11,13H,1-4,7-10,12H2. The zero-order chi connectivity index (χ0) is 17.8. The Balaban J connectivity index is 1.46. The quantitative estimate of drug-likeness (QED) is 0.800. The van der Waals surface area contributed by atoms with Crippen LogP contribution < -0.4 is 4.74 Å². The average molecular weight is 385 g/mol. The largest absolute Gasteiger partial charge is 0.482 e. The number of nitrogens with zero attached hydrogens (tertiary/aromatic N) is 2. The molecule has 0 atom stereocenters. The van der Waals surface area contributed by atoms with Gasteiger partial charge in [-0.2, -0.15) is 0 Å². The van der Waals surface area contributed by atoms with Crippen LogP contribution in [0.25, 0.3) is 0 Å². The van der Waals surface area contributed by atoms with Crippen LogP contribution >= 0.6 is 23.2 Å². The van der Waals surface area contributed by atoms with E-state index >= 15 is 0 Å². The molecule has 136 valence electrons. The molecule has 5 nitrogen and oxygen atoms in total. The first-order chi connectivity index (χ1) is 12.0. The number of rotatable bonds is 4. The van der Waals surface area contributed by atoms with Gasteiger partial charge in [-0.1, -0.05) is 36.0 Å². The first-order valence-electron chi connectivity index (χ1n) is 8.69. The van der Waals surface area contributed by atoms with Crippen molar-refractivity contribution in [3.63, 3.8) is 0 Å². The van der Waals surface area contributed by atoms with E-state index in [9.17, 15) is 9.59 Å². The van der Waals surface area contributed by atoms with Crippen molar-refractivity contribution in [3.8, 4) is 5.75 Å². The van der Waals surface area contributed by atoms with E-state index in [1.54, 1.807) is 23.1 Å². The molecule has 0 bridgehead atoms. The molecule has 0 N–H and O–H groups in total. The zero-order valence-corrected chi connectivity index (χ0v) is 15.6. The summed E-state index contributed by atoms with van der Waals surface area (Å²) in [6.07, 6.45) is 4.31. The molecular weight excluding hydrogens is 363 g/mol. The normalized spacial score (nSPS) is 18.5. The van der Waals surface area contributed by atoms with Gasteiger partial charge >= 0.3 is 0 Å². The molecule has 1 aromatic carbocycles. The van der Waals surface area contributed by atoms with Crippen LogP contribution in [-0.2, 0) is 9.59 Å². The van der Waals surface area contributed by atoms with E-state index in [-0.39, 0.29) is 24.3 Å². The Hall–Kier alpha value is -1.46. The molecule has 2 aliphatic rings. The highest BCUT2D eigenvalue weighted by Crippen LogP contribution is 2.28. The second-order valence-electron chi connectivity index (χ2n) is 6.55. The van der Waals surface area contributed by atoms with Crippen molar-refractivity contribution in [3.05, 3.63) is 28.2 Å². The van der Waals surface area contributed by atoms with Crippen molar-refractivity contribution in [2.24, 2.45) is 5.92 Å². The third-order valence-electron chi connectivity index (χ3n) is 4.89. The van der Waals surface area contributed by atoms with Crippen molar-refractivity contribution >= 4 is 35.0 Å². The fraction of sp³-hybridized carbons (Fsp3) is 0.556. The maximum absolute atomic E-state index is 12.4. The molecule has 1 saturated heterocycles. The smallest absolute Gasteiger partial charge is 0.260 e. The third kappa shape index (κ3) is 4.59. The molecule has 1 aliphatic heterocycles. The topological polar surface area (TPSA) is 49.9 Å². The molecule has 1 saturated carbocycles. The summed E-state index contributed by atoms with van der Waals surface area (Å²) >= 11 is 11.9. The monoisotopic (exact) mass is 384 g/mol. The summed E-state index contributed by atoms with van der Waals surface area (Å²) in [4.78, 5) is 28.4. The molecule has 0 unspecified atom stereocenters. The van der Waals surface area contributed by atoms with Gasteiger partial charge in [-0.25, -0.2) is 0 Å². The fourth-order valence-corrected chi connectivity index (χ4v) is 3.76. The summed E-state index contributed by atoms with van der Waals surface area (Å²) < 4.78 is 5.50. The number of hydrogen-bond acceptors (Lipinski definition) is 3. The lowest BCUT2D eigenvalue weighted by atomic mass is 10.1. The molecular formula is C18H22Cl2N2O3. The molecule has 2 fully saturated rings. The van der Waals surface area contributed by atoms with Gasteiger partial charge in [0.05, 0.1) is 5.02 Å². The molecule has 1 aliphatic carbocycles. The Labute approximate surface area is 157 Å². The van der Waals surface area contributed by atoms with E-state index in [0.717, 1.165) is 25.7 Å². The number of ether oxygens (including phenoxy) is 1. The molecule has 25 heavy (non-hydrogen) atoms. The number of amides is 2. The van der Waals surface area contributed by atoms with E-state index in [1.165, 1.54) is 0 Å². The Kier molecular flexibility index (Phi) is 6.07. The molecule has 0 spiro atoms. The maximum Gasteiger partial charge on any atom is 0.260 e. The summed E-state index contributed by atoms with van der Waals surface area (Å²) in [6.45, 7) is 2.20. The number of benzene rings is 1. The number of piperazine rings is 1. The Morgan fingerprint density at radius 3 is 2.36 bits per heavy atom. The molecule has 0 radical (unpaired) electrons. The fourth-order valence-electron chi connectivity index (χ4n) is 3.43. The van der Waals surface area contributed by atoms with Crippen LogP contribution in [-0.4, -0.2) is 54.4 Å². The number of carbonyl (C=O) groups is 2. The molecule has 0 aromatic heterocycles. The van der Waals surface area contributed by atoms with E-state index in [2.05, 4.69) is 0 Å². The van der Waals surface area contributed by atoms with Gasteiger partial charge in [0.25, 0.3) is 5.91 Å². The van der Waals surface area contributed by atoms with Gasteiger partial charge in [0.1, 0.15) is 5.75 Å². The Morgan fingerprint density at radius 2 is 1.68 bits per heavy atom.